The first-order valence-corrected chi connectivity index (χ1v) is 13.1. The zero-order chi connectivity index (χ0) is 27.7. The van der Waals surface area contributed by atoms with Crippen molar-refractivity contribution in [3.05, 3.63) is 59.2 Å². The van der Waals surface area contributed by atoms with Gasteiger partial charge in [0.15, 0.2) is 0 Å². The smallest absolute Gasteiger partial charge is 0.354 e. The Morgan fingerprint density at radius 1 is 0.641 bits per heavy atom. The monoisotopic (exact) mass is 546 g/mol. The molecule has 2 N–H and O–H groups in total. The molecule has 0 atom stereocenters. The summed E-state index contributed by atoms with van der Waals surface area (Å²) in [4.78, 5) is 35.2. The molecule has 214 valence electrons. The van der Waals surface area contributed by atoms with E-state index in [1.165, 1.54) is 6.07 Å². The molecule has 0 saturated carbocycles. The molecule has 3 rings (SSSR count). The van der Waals surface area contributed by atoms with Crippen molar-refractivity contribution in [2.24, 2.45) is 0 Å². The molecule has 1 aliphatic rings. The molecule has 12 heteroatoms. The van der Waals surface area contributed by atoms with Gasteiger partial charge in [-0.3, -0.25) is 19.6 Å². The Labute approximate surface area is 228 Å². The molecule has 0 bridgehead atoms. The van der Waals surface area contributed by atoms with E-state index in [9.17, 15) is 14.7 Å². The van der Waals surface area contributed by atoms with Gasteiger partial charge in [0.1, 0.15) is 5.69 Å². The van der Waals surface area contributed by atoms with Crippen molar-refractivity contribution >= 4 is 11.9 Å². The molecule has 1 aliphatic heterocycles. The Morgan fingerprint density at radius 3 is 1.54 bits per heavy atom. The number of nitrogens with zero attached hydrogens (tertiary/aromatic N) is 4. The Kier molecular flexibility index (Phi) is 13.8. The Balaban J connectivity index is 1.48. The highest BCUT2D eigenvalue weighted by molar-refractivity contribution is 5.85. The number of hydrogen-bond acceptors (Lipinski definition) is 10. The number of carboxylic acid groups (broad SMARTS) is 2. The van der Waals surface area contributed by atoms with E-state index in [1.54, 1.807) is 12.1 Å². The average molecular weight is 547 g/mol. The summed E-state index contributed by atoms with van der Waals surface area (Å²) in [6.45, 7) is 7.52. The van der Waals surface area contributed by atoms with Gasteiger partial charge in [0.25, 0.3) is 0 Å². The van der Waals surface area contributed by atoms with Crippen LogP contribution in [0, 0.1) is 0 Å². The van der Waals surface area contributed by atoms with Gasteiger partial charge in [-0.1, -0.05) is 12.1 Å². The number of aromatic carboxylic acids is 1. The fourth-order valence-corrected chi connectivity index (χ4v) is 3.97. The van der Waals surface area contributed by atoms with Gasteiger partial charge in [-0.25, -0.2) is 9.78 Å². The Bertz CT molecular complexity index is 1000. The number of rotatable bonds is 7. The first-order valence-electron chi connectivity index (χ1n) is 13.1. The van der Waals surface area contributed by atoms with E-state index in [4.69, 9.17) is 24.1 Å². The van der Waals surface area contributed by atoms with Crippen molar-refractivity contribution in [1.29, 1.82) is 0 Å². The number of pyridine rings is 2. The van der Waals surface area contributed by atoms with Crippen LogP contribution in [0.2, 0.25) is 0 Å². The van der Waals surface area contributed by atoms with Gasteiger partial charge in [-0.15, -0.1) is 0 Å². The highest BCUT2D eigenvalue weighted by atomic mass is 16.5. The predicted molar refractivity (Wildman–Crippen MR) is 141 cm³/mol. The number of ether oxygens (including phenoxy) is 4. The van der Waals surface area contributed by atoms with E-state index < -0.39 is 11.9 Å². The van der Waals surface area contributed by atoms with Crippen LogP contribution >= 0.6 is 0 Å². The maximum Gasteiger partial charge on any atom is 0.354 e. The molecule has 2 aromatic heterocycles. The Hall–Kier alpha value is -3.00. The molecule has 0 aliphatic carbocycles. The third-order valence-corrected chi connectivity index (χ3v) is 5.95. The highest BCUT2D eigenvalue weighted by Gasteiger charge is 2.12. The fourth-order valence-electron chi connectivity index (χ4n) is 3.97. The zero-order valence-electron chi connectivity index (χ0n) is 22.2. The van der Waals surface area contributed by atoms with Crippen LogP contribution in [0.5, 0.6) is 0 Å². The minimum absolute atomic E-state index is 0.0252. The lowest BCUT2D eigenvalue weighted by Crippen LogP contribution is -2.33. The number of aliphatic carboxylic acids is 1. The van der Waals surface area contributed by atoms with E-state index in [0.29, 0.717) is 104 Å². The summed E-state index contributed by atoms with van der Waals surface area (Å²) in [5.74, 6) is -1.95. The van der Waals surface area contributed by atoms with Crippen molar-refractivity contribution < 1.29 is 38.7 Å². The van der Waals surface area contributed by atoms with Gasteiger partial charge in [-0.2, -0.15) is 0 Å². The van der Waals surface area contributed by atoms with Crippen LogP contribution in [0.1, 0.15) is 27.6 Å². The van der Waals surface area contributed by atoms with E-state index in [2.05, 4.69) is 19.8 Å². The molecule has 1 saturated heterocycles. The summed E-state index contributed by atoms with van der Waals surface area (Å²) in [7, 11) is 0. The normalized spacial score (nSPS) is 18.2. The van der Waals surface area contributed by atoms with Crippen molar-refractivity contribution in [3.8, 4) is 0 Å². The van der Waals surface area contributed by atoms with Crippen LogP contribution in [-0.2, 0) is 43.3 Å². The van der Waals surface area contributed by atoms with E-state index in [0.717, 1.165) is 5.69 Å². The minimum Gasteiger partial charge on any atom is -0.481 e. The van der Waals surface area contributed by atoms with Gasteiger partial charge >= 0.3 is 11.9 Å². The maximum atomic E-state index is 11.2. The SMILES string of the molecule is O=C(O)Cc1cccc(CN2CCOCCOCCN(Cc3cccc(C(=O)O)n3)CCOCCOCC2)n1. The molecule has 2 aromatic rings. The number of aromatic nitrogens is 2. The summed E-state index contributed by atoms with van der Waals surface area (Å²) in [6.07, 6.45) is -0.105. The molecule has 3 heterocycles. The van der Waals surface area contributed by atoms with E-state index in [-0.39, 0.29) is 12.1 Å². The molecule has 0 radical (unpaired) electrons. The summed E-state index contributed by atoms with van der Waals surface area (Å²) in [5.41, 5.74) is 2.04. The fraction of sp³-hybridized carbons (Fsp3) is 0.556. The van der Waals surface area contributed by atoms with Gasteiger partial charge in [0, 0.05) is 39.3 Å². The molecule has 0 aromatic carbocycles. The first kappa shape index (κ1) is 30.5. The number of carboxylic acids is 2. The highest BCUT2D eigenvalue weighted by Crippen LogP contribution is 2.07. The van der Waals surface area contributed by atoms with Crippen molar-refractivity contribution in [2.75, 3.05) is 79.0 Å². The Morgan fingerprint density at radius 2 is 1.08 bits per heavy atom. The molecule has 1 fully saturated rings. The summed E-state index contributed by atoms with van der Waals surface area (Å²) in [6, 6.07) is 10.4. The molecule has 0 amide bonds. The third-order valence-electron chi connectivity index (χ3n) is 5.95. The van der Waals surface area contributed by atoms with Gasteiger partial charge < -0.3 is 29.2 Å². The number of carbonyl (C=O) groups is 2. The summed E-state index contributed by atoms with van der Waals surface area (Å²) < 4.78 is 23.1. The van der Waals surface area contributed by atoms with Crippen LogP contribution in [0.4, 0.5) is 0 Å². The lowest BCUT2D eigenvalue weighted by atomic mass is 10.2. The second-order valence-electron chi connectivity index (χ2n) is 9.01. The molecule has 0 spiro atoms. The minimum atomic E-state index is -1.05. The van der Waals surface area contributed by atoms with Crippen LogP contribution in [0.25, 0.3) is 0 Å². The topological polar surface area (TPSA) is 144 Å². The van der Waals surface area contributed by atoms with Crippen molar-refractivity contribution in [3.63, 3.8) is 0 Å². The average Bonchev–Trinajstić information content (AvgIpc) is 2.90. The molecule has 12 nitrogen and oxygen atoms in total. The van der Waals surface area contributed by atoms with Crippen LogP contribution in [0.3, 0.4) is 0 Å². The second kappa shape index (κ2) is 17.6. The van der Waals surface area contributed by atoms with Gasteiger partial charge in [0.05, 0.1) is 76.4 Å². The second-order valence-corrected chi connectivity index (χ2v) is 9.01. The summed E-state index contributed by atoms with van der Waals surface area (Å²) in [5, 5.41) is 18.2. The lowest BCUT2D eigenvalue weighted by molar-refractivity contribution is -0.136. The predicted octanol–water partition coefficient (Wildman–Crippen LogP) is 1.19. The number of hydrogen-bond donors (Lipinski definition) is 2. The lowest BCUT2D eigenvalue weighted by Gasteiger charge is -2.23. The molecule has 0 unspecified atom stereocenters. The van der Waals surface area contributed by atoms with Crippen molar-refractivity contribution in [2.45, 2.75) is 19.5 Å². The standard InChI is InChI=1S/C27H38N4O8/c32-26(33)19-22-3-1-4-23(28-22)20-30-7-11-36-15-17-38-13-9-31(10-14-39-18-16-37-12-8-30)21-24-5-2-6-25(29-24)27(34)35/h1-6H,7-21H2,(H,32,33)(H,34,35). The van der Waals surface area contributed by atoms with Crippen LogP contribution in [-0.4, -0.2) is 121 Å². The largest absolute Gasteiger partial charge is 0.481 e. The van der Waals surface area contributed by atoms with E-state index in [1.807, 2.05) is 18.2 Å². The molecular weight excluding hydrogens is 508 g/mol. The van der Waals surface area contributed by atoms with Crippen LogP contribution < -0.4 is 0 Å². The third kappa shape index (κ3) is 12.6. The molecule has 39 heavy (non-hydrogen) atoms. The summed E-state index contributed by atoms with van der Waals surface area (Å²) >= 11 is 0. The van der Waals surface area contributed by atoms with Crippen LogP contribution in [0.15, 0.2) is 36.4 Å². The maximum absolute atomic E-state index is 11.2. The molecular formula is C27H38N4O8. The van der Waals surface area contributed by atoms with Gasteiger partial charge in [-0.05, 0) is 24.3 Å². The first-order chi connectivity index (χ1) is 19.0. The van der Waals surface area contributed by atoms with Crippen molar-refractivity contribution in [1.82, 2.24) is 19.8 Å². The quantitative estimate of drug-likeness (QED) is 0.515. The van der Waals surface area contributed by atoms with Gasteiger partial charge in [0.2, 0.25) is 0 Å². The van der Waals surface area contributed by atoms with E-state index >= 15 is 0 Å². The zero-order valence-corrected chi connectivity index (χ0v) is 22.2.